The van der Waals surface area contributed by atoms with Gasteiger partial charge in [0.2, 0.25) is 21.8 Å². The van der Waals surface area contributed by atoms with Gasteiger partial charge >= 0.3 is 0 Å². The van der Waals surface area contributed by atoms with Crippen molar-refractivity contribution in [2.75, 3.05) is 11.4 Å². The second kappa shape index (κ2) is 10.3. The first-order valence-electron chi connectivity index (χ1n) is 14.8. The van der Waals surface area contributed by atoms with Gasteiger partial charge in [-0.3, -0.25) is 14.4 Å². The van der Waals surface area contributed by atoms with Gasteiger partial charge in [-0.1, -0.05) is 38.1 Å². The molecule has 1 unspecified atom stereocenters. The highest BCUT2D eigenvalue weighted by Crippen LogP contribution is 2.60. The Labute approximate surface area is 242 Å². The highest BCUT2D eigenvalue weighted by Gasteiger charge is 2.57. The molecule has 8 nitrogen and oxygen atoms in total. The van der Waals surface area contributed by atoms with E-state index in [0.29, 0.717) is 35.8 Å². The number of hydrogen-bond donors (Lipinski definition) is 1. The molecule has 4 saturated carbocycles. The summed E-state index contributed by atoms with van der Waals surface area (Å²) in [6.45, 7) is 4.46. The maximum Gasteiger partial charge on any atom is 0.257 e. The number of amides is 3. The molecule has 4 aliphatic carbocycles. The Balaban J connectivity index is 1.28. The molecule has 41 heavy (non-hydrogen) atoms. The fraction of sp³-hybridized carbons (Fsp3) is 0.531. The minimum Gasteiger partial charge on any atom is -0.329 e. The minimum atomic E-state index is -3.81. The van der Waals surface area contributed by atoms with E-state index < -0.39 is 21.5 Å². The van der Waals surface area contributed by atoms with Crippen LogP contribution in [0.4, 0.5) is 5.69 Å². The van der Waals surface area contributed by atoms with Crippen LogP contribution in [0.3, 0.4) is 0 Å². The largest absolute Gasteiger partial charge is 0.329 e. The SMILES string of the molecule is CC(C)c1ccc(N2C(=O)CC(N(CCc3ccc(S(N)(=O)=O)cc3)C(=O)C34CC5CC(CC(C5)C3)C4)C2=O)cc1. The maximum absolute atomic E-state index is 14.6. The third-order valence-electron chi connectivity index (χ3n) is 9.96. The van der Waals surface area contributed by atoms with E-state index in [9.17, 15) is 22.8 Å². The summed E-state index contributed by atoms with van der Waals surface area (Å²) < 4.78 is 23.4. The lowest BCUT2D eigenvalue weighted by Gasteiger charge is -2.57. The molecule has 3 amide bonds. The molecule has 0 radical (unpaired) electrons. The van der Waals surface area contributed by atoms with Crippen molar-refractivity contribution in [2.45, 2.75) is 82.1 Å². The van der Waals surface area contributed by atoms with Crippen LogP contribution in [-0.4, -0.2) is 43.6 Å². The number of anilines is 1. The summed E-state index contributed by atoms with van der Waals surface area (Å²) in [5, 5.41) is 5.25. The maximum atomic E-state index is 14.6. The van der Waals surface area contributed by atoms with Gasteiger partial charge in [-0.25, -0.2) is 18.5 Å². The number of carbonyl (C=O) groups is 3. The average molecular weight is 578 g/mol. The molecule has 0 spiro atoms. The van der Waals surface area contributed by atoms with Crippen LogP contribution in [-0.2, 0) is 30.8 Å². The second-order valence-corrected chi connectivity index (χ2v) is 14.7. The highest BCUT2D eigenvalue weighted by atomic mass is 32.2. The Morgan fingerprint density at radius 2 is 1.51 bits per heavy atom. The van der Waals surface area contributed by atoms with Crippen molar-refractivity contribution in [1.29, 1.82) is 0 Å². The van der Waals surface area contributed by atoms with Crippen LogP contribution in [0.2, 0.25) is 0 Å². The van der Waals surface area contributed by atoms with Crippen molar-refractivity contribution in [3.63, 3.8) is 0 Å². The summed E-state index contributed by atoms with van der Waals surface area (Å²) >= 11 is 0. The van der Waals surface area contributed by atoms with E-state index in [1.807, 2.05) is 24.3 Å². The first-order chi connectivity index (χ1) is 19.4. The van der Waals surface area contributed by atoms with Gasteiger partial charge < -0.3 is 4.90 Å². The number of imide groups is 1. The Morgan fingerprint density at radius 1 is 0.951 bits per heavy atom. The summed E-state index contributed by atoms with van der Waals surface area (Å²) in [4.78, 5) is 44.7. The van der Waals surface area contributed by atoms with E-state index in [1.165, 1.54) is 36.3 Å². The molecule has 7 rings (SSSR count). The van der Waals surface area contributed by atoms with Gasteiger partial charge in [-0.2, -0.15) is 0 Å². The van der Waals surface area contributed by atoms with Crippen LogP contribution >= 0.6 is 0 Å². The minimum absolute atomic E-state index is 0.0147. The van der Waals surface area contributed by atoms with Crippen LogP contribution < -0.4 is 10.0 Å². The molecule has 218 valence electrons. The average Bonchev–Trinajstić information content (AvgIpc) is 3.21. The van der Waals surface area contributed by atoms with Crippen LogP contribution in [0, 0.1) is 23.2 Å². The molecule has 5 aliphatic rings. The zero-order valence-electron chi connectivity index (χ0n) is 23.8. The van der Waals surface area contributed by atoms with Gasteiger partial charge in [0.1, 0.15) is 6.04 Å². The van der Waals surface area contributed by atoms with E-state index in [0.717, 1.165) is 30.4 Å². The van der Waals surface area contributed by atoms with Crippen molar-refractivity contribution in [2.24, 2.45) is 28.3 Å². The molecule has 9 heteroatoms. The van der Waals surface area contributed by atoms with Crippen molar-refractivity contribution in [1.82, 2.24) is 4.90 Å². The molecule has 1 heterocycles. The number of primary sulfonamides is 1. The predicted octanol–water partition coefficient (Wildman–Crippen LogP) is 4.38. The van der Waals surface area contributed by atoms with Crippen molar-refractivity contribution in [3.05, 3.63) is 59.7 Å². The summed E-state index contributed by atoms with van der Waals surface area (Å²) in [5.74, 6) is 1.39. The van der Waals surface area contributed by atoms with E-state index in [2.05, 4.69) is 13.8 Å². The predicted molar refractivity (Wildman–Crippen MR) is 155 cm³/mol. The first kappa shape index (κ1) is 28.1. The molecule has 4 bridgehead atoms. The smallest absolute Gasteiger partial charge is 0.257 e. The number of sulfonamides is 1. The second-order valence-electron chi connectivity index (χ2n) is 13.2. The molecule has 5 fully saturated rings. The first-order valence-corrected chi connectivity index (χ1v) is 16.4. The molecular weight excluding hydrogens is 538 g/mol. The lowest BCUT2D eigenvalue weighted by atomic mass is 9.49. The van der Waals surface area contributed by atoms with Crippen molar-refractivity contribution < 1.29 is 22.8 Å². The topological polar surface area (TPSA) is 118 Å². The van der Waals surface area contributed by atoms with Crippen LogP contribution in [0.25, 0.3) is 0 Å². The van der Waals surface area contributed by atoms with Crippen LogP contribution in [0.5, 0.6) is 0 Å². The van der Waals surface area contributed by atoms with Crippen LogP contribution in [0.1, 0.15) is 75.8 Å². The third-order valence-corrected chi connectivity index (χ3v) is 10.9. The fourth-order valence-corrected chi connectivity index (χ4v) is 8.83. The standard InChI is InChI=1S/C32H39N3O5S/c1-20(2)25-5-7-26(8-6-25)35-29(36)16-28(30(35)37)34(12-11-21-3-9-27(10-4-21)41(33,39)40)31(38)32-17-22-13-23(18-32)15-24(14-22)19-32/h3-10,20,22-24,28H,11-19H2,1-2H3,(H2,33,39,40). The lowest BCUT2D eigenvalue weighted by molar-refractivity contribution is -0.161. The molecule has 2 aromatic rings. The van der Waals surface area contributed by atoms with Crippen molar-refractivity contribution >= 4 is 33.4 Å². The Bertz CT molecular complexity index is 1430. The summed E-state index contributed by atoms with van der Waals surface area (Å²) in [6.07, 6.45) is 6.60. The number of hydrogen-bond acceptors (Lipinski definition) is 5. The molecule has 1 saturated heterocycles. The van der Waals surface area contributed by atoms with Gasteiger partial charge in [0.15, 0.2) is 0 Å². The zero-order valence-corrected chi connectivity index (χ0v) is 24.6. The van der Waals surface area contributed by atoms with E-state index >= 15 is 0 Å². The van der Waals surface area contributed by atoms with E-state index in [-0.39, 0.29) is 35.6 Å². The normalized spacial score (nSPS) is 29.0. The van der Waals surface area contributed by atoms with Gasteiger partial charge in [0, 0.05) is 6.54 Å². The lowest BCUT2D eigenvalue weighted by Crippen LogP contribution is -2.58. The monoisotopic (exact) mass is 577 g/mol. The molecule has 0 aromatic heterocycles. The van der Waals surface area contributed by atoms with Gasteiger partial charge in [0.05, 0.1) is 22.4 Å². The number of nitrogens with zero attached hydrogens (tertiary/aromatic N) is 2. The Hall–Kier alpha value is -3.04. The number of benzene rings is 2. The number of nitrogens with two attached hydrogens (primary N) is 1. The van der Waals surface area contributed by atoms with Gasteiger partial charge in [0.25, 0.3) is 5.91 Å². The highest BCUT2D eigenvalue weighted by molar-refractivity contribution is 7.89. The van der Waals surface area contributed by atoms with Gasteiger partial charge in [-0.15, -0.1) is 0 Å². The molecule has 1 atom stereocenters. The van der Waals surface area contributed by atoms with Gasteiger partial charge in [-0.05, 0) is 104 Å². The zero-order chi connectivity index (χ0) is 29.1. The Kier molecular flexibility index (Phi) is 7.09. The number of carbonyl (C=O) groups excluding carboxylic acids is 3. The quantitative estimate of drug-likeness (QED) is 0.468. The van der Waals surface area contributed by atoms with Crippen LogP contribution in [0.15, 0.2) is 53.4 Å². The molecule has 2 N–H and O–H groups in total. The Morgan fingerprint density at radius 3 is 2.02 bits per heavy atom. The van der Waals surface area contributed by atoms with E-state index in [1.54, 1.807) is 17.0 Å². The third kappa shape index (κ3) is 5.23. The van der Waals surface area contributed by atoms with Crippen molar-refractivity contribution in [3.8, 4) is 0 Å². The summed E-state index contributed by atoms with van der Waals surface area (Å²) in [5.41, 5.74) is 2.03. The summed E-state index contributed by atoms with van der Waals surface area (Å²) in [6, 6.07) is 13.0. The van der Waals surface area contributed by atoms with E-state index in [4.69, 9.17) is 5.14 Å². The summed E-state index contributed by atoms with van der Waals surface area (Å²) in [7, 11) is -3.81. The fourth-order valence-electron chi connectivity index (χ4n) is 8.31. The number of rotatable bonds is 8. The molecular formula is C32H39N3O5S. The molecule has 1 aliphatic heterocycles. The molecule has 2 aromatic carbocycles.